The molecule has 2 nitrogen and oxygen atoms in total. The first-order valence-corrected chi connectivity index (χ1v) is 18.4. The zero-order chi connectivity index (χ0) is 31.1. The van der Waals surface area contributed by atoms with E-state index in [0.717, 1.165) is 29.2 Å². The molecule has 0 spiro atoms. The minimum atomic E-state index is 0. The van der Waals surface area contributed by atoms with Crippen molar-refractivity contribution in [2.45, 2.75) is 176 Å². The second-order valence-corrected chi connectivity index (χ2v) is 12.8. The van der Waals surface area contributed by atoms with Crippen molar-refractivity contribution in [1.29, 1.82) is 0 Å². The van der Waals surface area contributed by atoms with Gasteiger partial charge in [0.1, 0.15) is 0 Å². The van der Waals surface area contributed by atoms with Crippen molar-refractivity contribution in [1.82, 2.24) is 0 Å². The Morgan fingerprint density at radius 3 is 1.27 bits per heavy atom. The van der Waals surface area contributed by atoms with Gasteiger partial charge in [-0.25, -0.2) is 0 Å². The van der Waals surface area contributed by atoms with Gasteiger partial charge in [-0.15, -0.1) is 0 Å². The van der Waals surface area contributed by atoms with Crippen LogP contribution in [0.4, 0.5) is 11.4 Å². The summed E-state index contributed by atoms with van der Waals surface area (Å²) >= 11 is 0. The minimum absolute atomic E-state index is 0. The fourth-order valence-electron chi connectivity index (χ4n) is 6.03. The Kier molecular flexibility index (Phi) is 23.6. The molecule has 2 aromatic rings. The van der Waals surface area contributed by atoms with E-state index in [9.17, 15) is 0 Å². The van der Waals surface area contributed by atoms with Gasteiger partial charge in [0.15, 0.2) is 0 Å². The Morgan fingerprint density at radius 2 is 0.841 bits per heavy atom. The third-order valence-corrected chi connectivity index (χ3v) is 8.82. The van der Waals surface area contributed by atoms with E-state index < -0.39 is 0 Å². The molecule has 0 unspecified atom stereocenters. The van der Waals surface area contributed by atoms with Gasteiger partial charge in [-0.2, -0.15) is 0 Å². The molecular formula is C41H66N2Pd. The van der Waals surface area contributed by atoms with Crippen LogP contribution in [0.15, 0.2) is 46.4 Å². The van der Waals surface area contributed by atoms with Crippen molar-refractivity contribution in [2.24, 2.45) is 9.98 Å². The number of hydrogen-bond donors (Lipinski definition) is 0. The largest absolute Gasteiger partial charge is 0.252 e. The fraction of sp³-hybridized carbons (Fsp3) is 0.659. The van der Waals surface area contributed by atoms with Crippen molar-refractivity contribution in [3.8, 4) is 0 Å². The van der Waals surface area contributed by atoms with Crippen LogP contribution in [0.2, 0.25) is 0 Å². The molecule has 0 N–H and O–H groups in total. The van der Waals surface area contributed by atoms with E-state index >= 15 is 0 Å². The maximum absolute atomic E-state index is 5.32. The molecule has 0 saturated heterocycles. The third-order valence-electron chi connectivity index (χ3n) is 8.82. The molecule has 250 valence electrons. The molecular weight excluding hydrogens is 627 g/mol. The first-order chi connectivity index (χ1) is 21.1. The molecule has 0 bridgehead atoms. The molecule has 44 heavy (non-hydrogen) atoms. The van der Waals surface area contributed by atoms with Crippen molar-refractivity contribution < 1.29 is 20.4 Å². The van der Waals surface area contributed by atoms with E-state index in [1.54, 1.807) is 0 Å². The predicted molar refractivity (Wildman–Crippen MR) is 194 cm³/mol. The van der Waals surface area contributed by atoms with Crippen LogP contribution in [0.25, 0.3) is 0 Å². The number of rotatable bonds is 24. The van der Waals surface area contributed by atoms with Crippen LogP contribution in [-0.4, -0.2) is 11.4 Å². The molecule has 2 rings (SSSR count). The van der Waals surface area contributed by atoms with E-state index in [-0.39, 0.29) is 20.4 Å². The van der Waals surface area contributed by atoms with Crippen molar-refractivity contribution in [2.75, 3.05) is 0 Å². The number of hydrogen-bond acceptors (Lipinski definition) is 2. The van der Waals surface area contributed by atoms with Crippen LogP contribution in [-0.2, 0) is 46.1 Å². The topological polar surface area (TPSA) is 24.7 Å². The average molecular weight is 693 g/mol. The number of unbranched alkanes of at least 4 members (excludes halogenated alkanes) is 11. The molecule has 0 aliphatic carbocycles. The number of aryl methyl sites for hydroxylation is 4. The van der Waals surface area contributed by atoms with Crippen LogP contribution in [0.5, 0.6) is 0 Å². The summed E-state index contributed by atoms with van der Waals surface area (Å²) in [4.78, 5) is 10.5. The smallest absolute Gasteiger partial charge is 0.0636 e. The summed E-state index contributed by atoms with van der Waals surface area (Å²) in [5.41, 5.74) is 10.5. The van der Waals surface area contributed by atoms with Gasteiger partial charge in [0.25, 0.3) is 0 Å². The van der Waals surface area contributed by atoms with Crippen LogP contribution < -0.4 is 0 Å². The molecule has 0 fully saturated rings. The maximum Gasteiger partial charge on any atom is 0.0636 e. The van der Waals surface area contributed by atoms with Gasteiger partial charge >= 0.3 is 0 Å². The summed E-state index contributed by atoms with van der Waals surface area (Å²) in [7, 11) is 0. The van der Waals surface area contributed by atoms with Gasteiger partial charge in [-0.1, -0.05) is 117 Å². The Labute approximate surface area is 287 Å². The summed E-state index contributed by atoms with van der Waals surface area (Å²) in [6.07, 6.45) is 26.1. The van der Waals surface area contributed by atoms with Crippen LogP contribution >= 0.6 is 0 Å². The van der Waals surface area contributed by atoms with E-state index in [1.165, 1.54) is 151 Å². The quantitative estimate of drug-likeness (QED) is 0.0594. The number of aliphatic imine (C=N–C) groups is 2. The van der Waals surface area contributed by atoms with Gasteiger partial charge in [-0.3, -0.25) is 9.98 Å². The Morgan fingerprint density at radius 1 is 0.455 bits per heavy atom. The predicted octanol–water partition coefficient (Wildman–Crippen LogP) is 13.5. The second kappa shape index (κ2) is 25.6. The molecule has 3 heteroatoms. The Hall–Kier alpha value is -1.56. The molecule has 0 aromatic heterocycles. The first-order valence-electron chi connectivity index (χ1n) is 18.4. The number of benzene rings is 2. The number of nitrogens with zero attached hydrogens (tertiary/aromatic N) is 2. The summed E-state index contributed by atoms with van der Waals surface area (Å²) in [5.74, 6) is 0. The van der Waals surface area contributed by atoms with E-state index in [1.807, 2.05) is 0 Å². The summed E-state index contributed by atoms with van der Waals surface area (Å²) in [6.45, 7) is 13.6. The molecule has 0 heterocycles. The van der Waals surface area contributed by atoms with Crippen LogP contribution in [0, 0.1) is 0 Å². The fourth-order valence-corrected chi connectivity index (χ4v) is 6.03. The molecule has 0 aliphatic heterocycles. The van der Waals surface area contributed by atoms with Crippen LogP contribution in [0.1, 0.15) is 173 Å². The van der Waals surface area contributed by atoms with Gasteiger partial charge < -0.3 is 0 Å². The zero-order valence-electron chi connectivity index (χ0n) is 29.5. The van der Waals surface area contributed by atoms with Gasteiger partial charge in [-0.05, 0) is 118 Å². The molecule has 0 amide bonds. The van der Waals surface area contributed by atoms with Crippen molar-refractivity contribution in [3.63, 3.8) is 0 Å². The van der Waals surface area contributed by atoms with Gasteiger partial charge in [0.2, 0.25) is 0 Å². The van der Waals surface area contributed by atoms with Gasteiger partial charge in [0, 0.05) is 20.4 Å². The molecule has 0 atom stereocenters. The van der Waals surface area contributed by atoms with Crippen LogP contribution in [0.3, 0.4) is 0 Å². The van der Waals surface area contributed by atoms with Gasteiger partial charge in [0.05, 0.1) is 22.8 Å². The van der Waals surface area contributed by atoms with Crippen molar-refractivity contribution in [3.05, 3.63) is 58.7 Å². The Balaban J connectivity index is 0.00000968. The van der Waals surface area contributed by atoms with Crippen molar-refractivity contribution >= 4 is 22.8 Å². The zero-order valence-corrected chi connectivity index (χ0v) is 31.1. The van der Waals surface area contributed by atoms with E-state index in [4.69, 9.17) is 9.98 Å². The third kappa shape index (κ3) is 16.1. The normalized spacial score (nSPS) is 12.0. The summed E-state index contributed by atoms with van der Waals surface area (Å²) in [6, 6.07) is 14.0. The Bertz CT molecular complexity index is 1080. The van der Waals surface area contributed by atoms with E-state index in [2.05, 4.69) is 77.9 Å². The molecule has 0 radical (unpaired) electrons. The molecule has 2 aromatic carbocycles. The summed E-state index contributed by atoms with van der Waals surface area (Å²) < 4.78 is 0. The minimum Gasteiger partial charge on any atom is -0.252 e. The van der Waals surface area contributed by atoms with E-state index in [0.29, 0.717) is 0 Å². The average Bonchev–Trinajstić information content (AvgIpc) is 3.01. The SMILES string of the molecule is CCCCCCC(=Nc1ccc(CCCCC)c(CCCCC)c1)C(C)=Nc1ccc(CCCCC)c(CCCCC)c1.[Pd]. The summed E-state index contributed by atoms with van der Waals surface area (Å²) in [5, 5.41) is 0. The maximum atomic E-state index is 5.32. The molecule has 0 saturated carbocycles. The molecule has 0 aliphatic rings. The standard InChI is InChI=1S/C41H66N2.Pd/c1-7-12-17-22-27-41(43-40-31-29-36(24-19-14-9-3)38(33-40)26-21-16-11-5)34(6)42-39-30-28-35(23-18-13-8-2)37(32-39)25-20-15-10-4;/h28-33H,7-27H2,1-6H3;. The monoisotopic (exact) mass is 692 g/mol. The second-order valence-electron chi connectivity index (χ2n) is 12.8. The first kappa shape index (κ1) is 40.5.